The molecule has 0 spiro atoms. The average Bonchev–Trinajstić information content (AvgIpc) is 3.09. The van der Waals surface area contributed by atoms with Gasteiger partial charge in [-0.25, -0.2) is 0 Å². The standard InChI is InChI=1S/C16H18ClN5O/c1-9-4-5-12(8-13(9)18)16-20-19-14(23-16)6-7-22-11(3)15(17)10(2)21-22/h4-5,8H,6-7,18H2,1-3H3. The van der Waals surface area contributed by atoms with Crippen molar-refractivity contribution >= 4 is 17.3 Å². The third kappa shape index (κ3) is 3.07. The number of benzene rings is 1. The van der Waals surface area contributed by atoms with Crippen LogP contribution in [0.4, 0.5) is 5.69 Å². The molecule has 2 N–H and O–H groups in total. The van der Waals surface area contributed by atoms with Crippen LogP contribution in [0.15, 0.2) is 22.6 Å². The minimum Gasteiger partial charge on any atom is -0.421 e. The molecule has 0 saturated carbocycles. The maximum absolute atomic E-state index is 6.15. The van der Waals surface area contributed by atoms with E-state index in [1.807, 2.05) is 43.7 Å². The Morgan fingerprint density at radius 2 is 2.00 bits per heavy atom. The van der Waals surface area contributed by atoms with E-state index >= 15 is 0 Å². The van der Waals surface area contributed by atoms with Gasteiger partial charge in [-0.2, -0.15) is 5.10 Å². The lowest BCUT2D eigenvalue weighted by Gasteiger charge is -2.02. The van der Waals surface area contributed by atoms with Crippen molar-refractivity contribution < 1.29 is 4.42 Å². The lowest BCUT2D eigenvalue weighted by Crippen LogP contribution is -2.05. The van der Waals surface area contributed by atoms with Crippen LogP contribution in [0, 0.1) is 20.8 Å². The predicted octanol–water partition coefficient (Wildman–Crippen LogP) is 3.34. The molecule has 0 unspecified atom stereocenters. The van der Waals surface area contributed by atoms with Gasteiger partial charge in [0.25, 0.3) is 0 Å². The summed E-state index contributed by atoms with van der Waals surface area (Å²) < 4.78 is 7.56. The van der Waals surface area contributed by atoms with Crippen LogP contribution < -0.4 is 5.73 Å². The lowest BCUT2D eigenvalue weighted by molar-refractivity contribution is 0.471. The lowest BCUT2D eigenvalue weighted by atomic mass is 10.1. The van der Waals surface area contributed by atoms with Gasteiger partial charge < -0.3 is 10.2 Å². The van der Waals surface area contributed by atoms with Crippen molar-refractivity contribution in [3.05, 3.63) is 46.1 Å². The van der Waals surface area contributed by atoms with Crippen LogP contribution in [0.5, 0.6) is 0 Å². The van der Waals surface area contributed by atoms with E-state index in [1.165, 1.54) is 0 Å². The second-order valence-electron chi connectivity index (χ2n) is 5.53. The van der Waals surface area contributed by atoms with Gasteiger partial charge in [-0.1, -0.05) is 17.7 Å². The first-order valence-corrected chi connectivity index (χ1v) is 7.72. The summed E-state index contributed by atoms with van der Waals surface area (Å²) in [5.74, 6) is 1.03. The van der Waals surface area contributed by atoms with E-state index in [0.29, 0.717) is 35.5 Å². The molecule has 0 amide bonds. The van der Waals surface area contributed by atoms with Crippen molar-refractivity contribution in [1.29, 1.82) is 0 Å². The summed E-state index contributed by atoms with van der Waals surface area (Å²) in [6.45, 7) is 6.42. The number of aryl methyl sites for hydroxylation is 4. The number of hydrogen-bond acceptors (Lipinski definition) is 5. The summed E-state index contributed by atoms with van der Waals surface area (Å²) in [5.41, 5.74) is 10.2. The minimum atomic E-state index is 0.470. The van der Waals surface area contributed by atoms with E-state index in [4.69, 9.17) is 21.8 Å². The van der Waals surface area contributed by atoms with Crippen molar-refractivity contribution in [2.45, 2.75) is 33.7 Å². The maximum Gasteiger partial charge on any atom is 0.247 e. The van der Waals surface area contributed by atoms with Crippen LogP contribution in [0.1, 0.15) is 22.8 Å². The summed E-state index contributed by atoms with van der Waals surface area (Å²) >= 11 is 6.15. The minimum absolute atomic E-state index is 0.470. The van der Waals surface area contributed by atoms with Gasteiger partial charge in [0.2, 0.25) is 11.8 Å². The third-order valence-corrected chi connectivity index (χ3v) is 4.37. The van der Waals surface area contributed by atoms with Gasteiger partial charge in [-0.05, 0) is 38.5 Å². The number of rotatable bonds is 4. The predicted molar refractivity (Wildman–Crippen MR) is 89.3 cm³/mol. The van der Waals surface area contributed by atoms with E-state index in [0.717, 1.165) is 22.5 Å². The van der Waals surface area contributed by atoms with Crippen molar-refractivity contribution in [3.8, 4) is 11.5 Å². The molecule has 2 aromatic heterocycles. The fraction of sp³-hybridized carbons (Fsp3) is 0.312. The van der Waals surface area contributed by atoms with Gasteiger partial charge in [0.1, 0.15) is 0 Å². The van der Waals surface area contributed by atoms with E-state index in [9.17, 15) is 0 Å². The Morgan fingerprint density at radius 3 is 2.65 bits per heavy atom. The second kappa shape index (κ2) is 6.04. The van der Waals surface area contributed by atoms with Crippen molar-refractivity contribution in [3.63, 3.8) is 0 Å². The first-order valence-electron chi connectivity index (χ1n) is 7.34. The summed E-state index contributed by atoms with van der Waals surface area (Å²) in [7, 11) is 0. The molecule has 0 fully saturated rings. The van der Waals surface area contributed by atoms with Crippen LogP contribution in [0.25, 0.3) is 11.5 Å². The molecule has 23 heavy (non-hydrogen) atoms. The van der Waals surface area contributed by atoms with Gasteiger partial charge in [0.05, 0.1) is 16.4 Å². The van der Waals surface area contributed by atoms with E-state index in [1.54, 1.807) is 0 Å². The molecule has 3 aromatic rings. The van der Waals surface area contributed by atoms with Crippen LogP contribution >= 0.6 is 11.6 Å². The molecule has 7 heteroatoms. The number of nitrogens with zero attached hydrogens (tertiary/aromatic N) is 4. The van der Waals surface area contributed by atoms with Crippen molar-refractivity contribution in [2.24, 2.45) is 0 Å². The fourth-order valence-electron chi connectivity index (χ4n) is 2.34. The monoisotopic (exact) mass is 331 g/mol. The highest BCUT2D eigenvalue weighted by atomic mass is 35.5. The van der Waals surface area contributed by atoms with Gasteiger partial charge in [-0.3, -0.25) is 4.68 Å². The summed E-state index contributed by atoms with van der Waals surface area (Å²) in [6, 6.07) is 5.70. The highest BCUT2D eigenvalue weighted by Crippen LogP contribution is 2.23. The van der Waals surface area contributed by atoms with Crippen LogP contribution in [-0.2, 0) is 13.0 Å². The van der Waals surface area contributed by atoms with Gasteiger partial charge in [-0.15, -0.1) is 10.2 Å². The summed E-state index contributed by atoms with van der Waals surface area (Å²) in [5, 5.41) is 13.3. The molecule has 6 nitrogen and oxygen atoms in total. The number of nitrogens with two attached hydrogens (primary N) is 1. The molecule has 0 atom stereocenters. The molecule has 0 saturated heterocycles. The molecule has 0 bridgehead atoms. The molecule has 120 valence electrons. The zero-order valence-electron chi connectivity index (χ0n) is 13.3. The van der Waals surface area contributed by atoms with E-state index in [-0.39, 0.29) is 0 Å². The Morgan fingerprint density at radius 1 is 1.22 bits per heavy atom. The zero-order valence-corrected chi connectivity index (χ0v) is 14.1. The molecule has 2 heterocycles. The number of halogens is 1. The van der Waals surface area contributed by atoms with Gasteiger partial charge in [0, 0.05) is 24.2 Å². The topological polar surface area (TPSA) is 82.8 Å². The first kappa shape index (κ1) is 15.6. The molecule has 0 aliphatic rings. The van der Waals surface area contributed by atoms with Gasteiger partial charge >= 0.3 is 0 Å². The largest absolute Gasteiger partial charge is 0.421 e. The molecule has 0 aliphatic carbocycles. The highest BCUT2D eigenvalue weighted by molar-refractivity contribution is 6.31. The quantitative estimate of drug-likeness (QED) is 0.741. The average molecular weight is 332 g/mol. The van der Waals surface area contributed by atoms with Crippen LogP contribution in [-0.4, -0.2) is 20.0 Å². The number of hydrogen-bond donors (Lipinski definition) is 1. The maximum atomic E-state index is 6.15. The molecular formula is C16H18ClN5O. The van der Waals surface area contributed by atoms with Crippen molar-refractivity contribution in [1.82, 2.24) is 20.0 Å². The Labute approximate surface area is 139 Å². The Balaban J connectivity index is 1.74. The van der Waals surface area contributed by atoms with E-state index < -0.39 is 0 Å². The third-order valence-electron chi connectivity index (χ3n) is 3.82. The molecular weight excluding hydrogens is 314 g/mol. The molecule has 1 aromatic carbocycles. The molecule has 0 aliphatic heterocycles. The summed E-state index contributed by atoms with van der Waals surface area (Å²) in [6.07, 6.45) is 0.590. The highest BCUT2D eigenvalue weighted by Gasteiger charge is 2.12. The SMILES string of the molecule is Cc1ccc(-c2nnc(CCn3nc(C)c(Cl)c3C)o2)cc1N. The first-order chi connectivity index (χ1) is 11.0. The number of anilines is 1. The Bertz CT molecular complexity index is 852. The fourth-order valence-corrected chi connectivity index (χ4v) is 2.47. The van der Waals surface area contributed by atoms with Crippen molar-refractivity contribution in [2.75, 3.05) is 5.73 Å². The van der Waals surface area contributed by atoms with Gasteiger partial charge in [0.15, 0.2) is 0 Å². The Kier molecular flexibility index (Phi) is 4.09. The van der Waals surface area contributed by atoms with Crippen LogP contribution in [0.2, 0.25) is 5.02 Å². The Hall–Kier alpha value is -2.34. The summed E-state index contributed by atoms with van der Waals surface area (Å²) in [4.78, 5) is 0. The second-order valence-corrected chi connectivity index (χ2v) is 5.91. The normalized spacial score (nSPS) is 11.1. The molecule has 3 rings (SSSR count). The van der Waals surface area contributed by atoms with Crippen LogP contribution in [0.3, 0.4) is 0 Å². The number of aromatic nitrogens is 4. The number of nitrogen functional groups attached to an aromatic ring is 1. The van der Waals surface area contributed by atoms with E-state index in [2.05, 4.69) is 15.3 Å². The zero-order chi connectivity index (χ0) is 16.6. The smallest absolute Gasteiger partial charge is 0.247 e. The molecule has 0 radical (unpaired) electrons.